The molecule has 1 unspecified atom stereocenters. The van der Waals surface area contributed by atoms with E-state index in [4.69, 9.17) is 0 Å². The van der Waals surface area contributed by atoms with Crippen LogP contribution in [0.2, 0.25) is 0 Å². The molecule has 31 heavy (non-hydrogen) atoms. The molecule has 1 amide bonds. The monoisotopic (exact) mass is 434 g/mol. The van der Waals surface area contributed by atoms with Crippen molar-refractivity contribution in [2.75, 3.05) is 0 Å². The van der Waals surface area contributed by atoms with Gasteiger partial charge < -0.3 is 5.32 Å². The predicted octanol–water partition coefficient (Wildman–Crippen LogP) is 5.17. The zero-order valence-corrected chi connectivity index (χ0v) is 19.1. The molecule has 4 nitrogen and oxygen atoms in total. The minimum Gasteiger partial charge on any atom is -0.351 e. The molecule has 1 heterocycles. The van der Waals surface area contributed by atoms with E-state index in [1.54, 1.807) is 0 Å². The highest BCUT2D eigenvalue weighted by atomic mass is 32.1. The molecule has 0 spiro atoms. The van der Waals surface area contributed by atoms with E-state index in [1.165, 1.54) is 24.2 Å². The van der Waals surface area contributed by atoms with Crippen molar-refractivity contribution in [1.29, 1.82) is 0 Å². The van der Waals surface area contributed by atoms with E-state index in [1.807, 2.05) is 48.7 Å². The second-order valence-corrected chi connectivity index (χ2v) is 9.73. The molecule has 4 rings (SSSR count). The Hall–Kier alpha value is -2.66. The van der Waals surface area contributed by atoms with Crippen LogP contribution in [0.15, 0.2) is 59.4 Å². The molecule has 1 saturated carbocycles. The summed E-state index contributed by atoms with van der Waals surface area (Å²) in [5, 5.41) is 3.16. The molecular formula is C26H30N2O2S. The smallest absolute Gasteiger partial charge is 0.307 e. The highest BCUT2D eigenvalue weighted by Crippen LogP contribution is 2.37. The fraction of sp³-hybridized carbons (Fsp3) is 0.385. The van der Waals surface area contributed by atoms with Crippen LogP contribution in [0.3, 0.4) is 0 Å². The van der Waals surface area contributed by atoms with Gasteiger partial charge in [0.15, 0.2) is 0 Å². The van der Waals surface area contributed by atoms with E-state index in [2.05, 4.69) is 29.6 Å². The van der Waals surface area contributed by atoms with Gasteiger partial charge >= 0.3 is 4.87 Å². The highest BCUT2D eigenvalue weighted by molar-refractivity contribution is 7.09. The van der Waals surface area contributed by atoms with Crippen LogP contribution in [0, 0.1) is 19.8 Å². The van der Waals surface area contributed by atoms with Crippen molar-refractivity contribution in [3.8, 4) is 0 Å². The van der Waals surface area contributed by atoms with Gasteiger partial charge in [0.1, 0.15) is 0 Å². The molecule has 1 fully saturated rings. The van der Waals surface area contributed by atoms with Gasteiger partial charge in [-0.05, 0) is 49.3 Å². The Kier molecular flexibility index (Phi) is 6.71. The summed E-state index contributed by atoms with van der Waals surface area (Å²) in [7, 11) is 0. The number of carbonyl (C=O) groups excluding carboxylic acids is 1. The van der Waals surface area contributed by atoms with Crippen molar-refractivity contribution in [3.05, 3.63) is 91.5 Å². The molecule has 0 radical (unpaired) electrons. The number of hydrogen-bond donors (Lipinski definition) is 1. The first kappa shape index (κ1) is 21.6. The molecular weight excluding hydrogens is 404 g/mol. The summed E-state index contributed by atoms with van der Waals surface area (Å²) in [6.07, 6.45) is 4.61. The summed E-state index contributed by atoms with van der Waals surface area (Å²) in [6, 6.07) is 18.4. The SMILES string of the molecule is Cc1sc(=O)n(Cc2ccc(C(C(=O)NCc3ccccc3)C3CCCC3)cc2)c1C. The maximum absolute atomic E-state index is 13.2. The third-order valence-electron chi connectivity index (χ3n) is 6.52. The first-order valence-corrected chi connectivity index (χ1v) is 11.9. The predicted molar refractivity (Wildman–Crippen MR) is 127 cm³/mol. The molecule has 2 aromatic carbocycles. The summed E-state index contributed by atoms with van der Waals surface area (Å²) >= 11 is 1.30. The Labute approximate surface area is 187 Å². The van der Waals surface area contributed by atoms with Gasteiger partial charge in [0, 0.05) is 17.1 Å². The molecule has 1 aliphatic rings. The standard InChI is InChI=1S/C26H30N2O2S/c1-18-19(2)31-26(30)28(18)17-21-12-14-23(15-13-21)24(22-10-6-7-11-22)25(29)27-16-20-8-4-3-5-9-20/h3-5,8-9,12-15,22,24H,6-7,10-11,16-17H2,1-2H3,(H,27,29). The van der Waals surface area contributed by atoms with Crippen LogP contribution in [0.25, 0.3) is 0 Å². The van der Waals surface area contributed by atoms with Crippen molar-refractivity contribution in [2.45, 2.75) is 58.5 Å². The molecule has 0 aliphatic heterocycles. The second-order valence-electron chi connectivity index (χ2n) is 8.56. The molecule has 1 atom stereocenters. The summed E-state index contributed by atoms with van der Waals surface area (Å²) < 4.78 is 1.83. The zero-order chi connectivity index (χ0) is 21.8. The van der Waals surface area contributed by atoms with Crippen molar-refractivity contribution in [1.82, 2.24) is 9.88 Å². The van der Waals surface area contributed by atoms with E-state index >= 15 is 0 Å². The van der Waals surface area contributed by atoms with Gasteiger partial charge in [-0.3, -0.25) is 14.2 Å². The second kappa shape index (κ2) is 9.65. The molecule has 1 aliphatic carbocycles. The number of aryl methyl sites for hydroxylation is 1. The van der Waals surface area contributed by atoms with E-state index in [-0.39, 0.29) is 16.7 Å². The lowest BCUT2D eigenvalue weighted by molar-refractivity contribution is -0.123. The Morgan fingerprint density at radius 2 is 1.71 bits per heavy atom. The van der Waals surface area contributed by atoms with Crippen LogP contribution in [-0.2, 0) is 17.9 Å². The minimum atomic E-state index is -0.117. The van der Waals surface area contributed by atoms with Gasteiger partial charge in [-0.2, -0.15) is 0 Å². The van der Waals surface area contributed by atoms with E-state index in [0.29, 0.717) is 19.0 Å². The summed E-state index contributed by atoms with van der Waals surface area (Å²) in [5.74, 6) is 0.392. The minimum absolute atomic E-state index is 0.0863. The van der Waals surface area contributed by atoms with E-state index in [9.17, 15) is 9.59 Å². The van der Waals surface area contributed by atoms with Gasteiger partial charge in [0.2, 0.25) is 5.91 Å². The number of nitrogens with one attached hydrogen (secondary N) is 1. The third kappa shape index (κ3) is 4.99. The molecule has 1 N–H and O–H groups in total. The number of amides is 1. The first-order valence-electron chi connectivity index (χ1n) is 11.1. The largest absolute Gasteiger partial charge is 0.351 e. The average molecular weight is 435 g/mol. The maximum Gasteiger partial charge on any atom is 0.307 e. The van der Waals surface area contributed by atoms with Crippen LogP contribution in [0.1, 0.15) is 58.9 Å². The van der Waals surface area contributed by atoms with Crippen molar-refractivity contribution < 1.29 is 4.79 Å². The maximum atomic E-state index is 13.2. The lowest BCUT2D eigenvalue weighted by atomic mass is 9.83. The van der Waals surface area contributed by atoms with Crippen molar-refractivity contribution >= 4 is 17.2 Å². The van der Waals surface area contributed by atoms with Gasteiger partial charge in [-0.15, -0.1) is 0 Å². The number of benzene rings is 2. The van der Waals surface area contributed by atoms with Crippen molar-refractivity contribution in [3.63, 3.8) is 0 Å². The van der Waals surface area contributed by atoms with Gasteiger partial charge in [-0.25, -0.2) is 0 Å². The average Bonchev–Trinajstić information content (AvgIpc) is 3.39. The van der Waals surface area contributed by atoms with Crippen LogP contribution in [0.4, 0.5) is 0 Å². The van der Waals surface area contributed by atoms with Gasteiger partial charge in [0.25, 0.3) is 0 Å². The molecule has 1 aromatic heterocycles. The molecule has 5 heteroatoms. The summed E-state index contributed by atoms with van der Waals surface area (Å²) in [6.45, 7) is 5.11. The molecule has 3 aromatic rings. The lowest BCUT2D eigenvalue weighted by Gasteiger charge is -2.23. The topological polar surface area (TPSA) is 51.1 Å². The Bertz CT molecular complexity index is 1080. The molecule has 0 bridgehead atoms. The van der Waals surface area contributed by atoms with Gasteiger partial charge in [0.05, 0.1) is 12.5 Å². The quantitative estimate of drug-likeness (QED) is 0.558. The van der Waals surface area contributed by atoms with Gasteiger partial charge in [-0.1, -0.05) is 78.8 Å². The number of nitrogens with zero attached hydrogens (tertiary/aromatic N) is 1. The summed E-state index contributed by atoms with van der Waals surface area (Å²) in [5.41, 5.74) is 4.31. The van der Waals surface area contributed by atoms with Crippen LogP contribution in [-0.4, -0.2) is 10.5 Å². The zero-order valence-electron chi connectivity index (χ0n) is 18.3. The fourth-order valence-corrected chi connectivity index (χ4v) is 5.44. The first-order chi connectivity index (χ1) is 15.0. The third-order valence-corrected chi connectivity index (χ3v) is 7.51. The number of carbonyl (C=O) groups is 1. The fourth-order valence-electron chi connectivity index (χ4n) is 4.61. The highest BCUT2D eigenvalue weighted by Gasteiger charge is 2.31. The van der Waals surface area contributed by atoms with E-state index < -0.39 is 0 Å². The van der Waals surface area contributed by atoms with Crippen LogP contribution < -0.4 is 10.2 Å². The normalized spacial score (nSPS) is 15.2. The van der Waals surface area contributed by atoms with Crippen LogP contribution >= 0.6 is 11.3 Å². The number of hydrogen-bond acceptors (Lipinski definition) is 3. The summed E-state index contributed by atoms with van der Waals surface area (Å²) in [4.78, 5) is 26.6. The van der Waals surface area contributed by atoms with E-state index in [0.717, 1.165) is 40.1 Å². The Balaban J connectivity index is 1.51. The molecule has 162 valence electrons. The molecule has 0 saturated heterocycles. The number of rotatable bonds is 7. The van der Waals surface area contributed by atoms with Crippen molar-refractivity contribution in [2.24, 2.45) is 5.92 Å². The number of thiazole rings is 1. The lowest BCUT2D eigenvalue weighted by Crippen LogP contribution is -2.32. The number of aromatic nitrogens is 1. The Morgan fingerprint density at radius 3 is 2.32 bits per heavy atom. The Morgan fingerprint density at radius 1 is 1.03 bits per heavy atom. The van der Waals surface area contributed by atoms with Crippen LogP contribution in [0.5, 0.6) is 0 Å².